The van der Waals surface area contributed by atoms with Gasteiger partial charge in [-0.15, -0.1) is 0 Å². The molecule has 1 aliphatic rings. The normalized spacial score (nSPS) is 13.0. The molecular formula is C15H17N3O2S. The van der Waals surface area contributed by atoms with Crippen LogP contribution in [0.25, 0.3) is 0 Å². The Morgan fingerprint density at radius 2 is 1.95 bits per heavy atom. The molecule has 0 radical (unpaired) electrons. The maximum Gasteiger partial charge on any atom is 0.223 e. The second kappa shape index (κ2) is 6.22. The smallest absolute Gasteiger partial charge is 0.223 e. The van der Waals surface area contributed by atoms with Crippen LogP contribution in [0.1, 0.15) is 12.6 Å². The Labute approximate surface area is 128 Å². The Morgan fingerprint density at radius 3 is 2.76 bits per heavy atom. The zero-order valence-corrected chi connectivity index (χ0v) is 12.9. The van der Waals surface area contributed by atoms with Gasteiger partial charge < -0.3 is 14.8 Å². The van der Waals surface area contributed by atoms with Gasteiger partial charge in [0.2, 0.25) is 5.95 Å². The van der Waals surface area contributed by atoms with E-state index in [-0.39, 0.29) is 0 Å². The zero-order chi connectivity index (χ0) is 14.7. The van der Waals surface area contributed by atoms with Gasteiger partial charge in [-0.1, -0.05) is 11.8 Å². The van der Waals surface area contributed by atoms with E-state index in [1.165, 1.54) is 0 Å². The number of benzene rings is 1. The number of ether oxygens (including phenoxy) is 2. The lowest BCUT2D eigenvalue weighted by Crippen LogP contribution is -2.15. The van der Waals surface area contributed by atoms with Crippen molar-refractivity contribution in [3.8, 4) is 11.5 Å². The van der Waals surface area contributed by atoms with Crippen molar-refractivity contribution in [3.63, 3.8) is 0 Å². The third kappa shape index (κ3) is 3.39. The summed E-state index contributed by atoms with van der Waals surface area (Å²) in [5, 5.41) is 4.06. The highest BCUT2D eigenvalue weighted by molar-refractivity contribution is 7.99. The Morgan fingerprint density at radius 1 is 1.14 bits per heavy atom. The highest BCUT2D eigenvalue weighted by Gasteiger charge is 2.12. The molecule has 1 N–H and O–H groups in total. The van der Waals surface area contributed by atoms with Crippen LogP contribution in [0.15, 0.2) is 34.2 Å². The van der Waals surface area contributed by atoms with E-state index in [9.17, 15) is 0 Å². The quantitative estimate of drug-likeness (QED) is 0.876. The molecule has 1 aliphatic heterocycles. The minimum Gasteiger partial charge on any atom is -0.486 e. The maximum atomic E-state index is 5.60. The van der Waals surface area contributed by atoms with Crippen molar-refractivity contribution in [1.82, 2.24) is 9.97 Å². The fraction of sp³-hybridized carbons (Fsp3) is 0.333. The molecule has 1 aromatic heterocycles. The predicted octanol–water partition coefficient (Wildman–Crippen LogP) is 3.14. The van der Waals surface area contributed by atoms with Gasteiger partial charge in [-0.3, -0.25) is 0 Å². The number of hydrogen-bond acceptors (Lipinski definition) is 6. The van der Waals surface area contributed by atoms with Crippen molar-refractivity contribution in [2.24, 2.45) is 0 Å². The van der Waals surface area contributed by atoms with Gasteiger partial charge in [0, 0.05) is 17.1 Å². The van der Waals surface area contributed by atoms with Gasteiger partial charge in [0.25, 0.3) is 0 Å². The van der Waals surface area contributed by atoms with Gasteiger partial charge in [0.05, 0.1) is 0 Å². The molecule has 0 saturated heterocycles. The third-order valence-electron chi connectivity index (χ3n) is 2.90. The minimum absolute atomic E-state index is 0.596. The summed E-state index contributed by atoms with van der Waals surface area (Å²) < 4.78 is 11.1. The lowest BCUT2D eigenvalue weighted by atomic mass is 10.3. The van der Waals surface area contributed by atoms with E-state index < -0.39 is 0 Å². The van der Waals surface area contributed by atoms with Crippen LogP contribution in [0.4, 0.5) is 5.95 Å². The van der Waals surface area contributed by atoms with Crippen molar-refractivity contribution < 1.29 is 9.47 Å². The van der Waals surface area contributed by atoms with E-state index in [4.69, 9.17) is 9.47 Å². The summed E-state index contributed by atoms with van der Waals surface area (Å²) in [7, 11) is 0. The Balaban J connectivity index is 1.83. The highest BCUT2D eigenvalue weighted by Crippen LogP contribution is 2.36. The van der Waals surface area contributed by atoms with Crippen LogP contribution in [0.5, 0.6) is 11.5 Å². The van der Waals surface area contributed by atoms with Gasteiger partial charge >= 0.3 is 0 Å². The summed E-state index contributed by atoms with van der Waals surface area (Å²) in [6, 6.07) is 7.92. The molecule has 0 fully saturated rings. The molecule has 0 unspecified atom stereocenters. The van der Waals surface area contributed by atoms with Crippen molar-refractivity contribution in [1.29, 1.82) is 0 Å². The zero-order valence-electron chi connectivity index (χ0n) is 12.0. The monoisotopic (exact) mass is 303 g/mol. The number of fused-ring (bicyclic) bond motifs is 1. The van der Waals surface area contributed by atoms with E-state index in [1.807, 2.05) is 38.1 Å². The van der Waals surface area contributed by atoms with Crippen molar-refractivity contribution in [2.45, 2.75) is 23.8 Å². The molecule has 2 heterocycles. The number of rotatable bonds is 4. The largest absolute Gasteiger partial charge is 0.486 e. The number of nitrogens with one attached hydrogen (secondary N) is 1. The van der Waals surface area contributed by atoms with Gasteiger partial charge in [-0.2, -0.15) is 0 Å². The van der Waals surface area contributed by atoms with E-state index in [2.05, 4.69) is 15.3 Å². The molecule has 0 bridgehead atoms. The summed E-state index contributed by atoms with van der Waals surface area (Å²) in [4.78, 5) is 9.92. The molecule has 3 rings (SSSR count). The number of nitrogens with zero attached hydrogens (tertiary/aromatic N) is 2. The average molecular weight is 303 g/mol. The predicted molar refractivity (Wildman–Crippen MR) is 82.5 cm³/mol. The van der Waals surface area contributed by atoms with Crippen LogP contribution in [0, 0.1) is 6.92 Å². The Kier molecular flexibility index (Phi) is 4.15. The lowest BCUT2D eigenvalue weighted by Gasteiger charge is -2.18. The van der Waals surface area contributed by atoms with Gasteiger partial charge in [0.1, 0.15) is 18.2 Å². The molecule has 0 saturated carbocycles. The molecule has 6 heteroatoms. The first-order chi connectivity index (χ1) is 10.2. The fourth-order valence-corrected chi connectivity index (χ4v) is 2.94. The van der Waals surface area contributed by atoms with Crippen LogP contribution >= 0.6 is 11.8 Å². The summed E-state index contributed by atoms with van der Waals surface area (Å²) in [5.74, 6) is 2.26. The van der Waals surface area contributed by atoms with Crippen LogP contribution in [0.2, 0.25) is 0 Å². The summed E-state index contributed by atoms with van der Waals surface area (Å²) in [5.41, 5.74) is 0.945. The van der Waals surface area contributed by atoms with Gasteiger partial charge in [-0.25, -0.2) is 9.97 Å². The highest BCUT2D eigenvalue weighted by atomic mass is 32.2. The van der Waals surface area contributed by atoms with Crippen LogP contribution < -0.4 is 14.8 Å². The average Bonchev–Trinajstić information content (AvgIpc) is 2.47. The molecule has 0 spiro atoms. The second-order valence-corrected chi connectivity index (χ2v) is 5.70. The number of anilines is 1. The van der Waals surface area contributed by atoms with Crippen LogP contribution in [0.3, 0.4) is 0 Å². The second-order valence-electron chi connectivity index (χ2n) is 4.61. The van der Waals surface area contributed by atoms with Gasteiger partial charge in [0.15, 0.2) is 11.5 Å². The van der Waals surface area contributed by atoms with Crippen LogP contribution in [-0.4, -0.2) is 29.7 Å². The molecule has 0 atom stereocenters. The maximum absolute atomic E-state index is 5.60. The number of aromatic nitrogens is 2. The van der Waals surface area contributed by atoms with E-state index in [1.54, 1.807) is 11.8 Å². The lowest BCUT2D eigenvalue weighted by molar-refractivity contribution is 0.171. The molecule has 110 valence electrons. The summed E-state index contributed by atoms with van der Waals surface area (Å²) in [6.45, 7) is 6.00. The standard InChI is InChI=1S/C15H17N3O2S/c1-3-16-15-17-10(2)8-14(18-15)21-11-4-5-12-13(9-11)20-7-6-19-12/h4-5,8-9H,3,6-7H2,1-2H3,(H,16,17,18). The first kappa shape index (κ1) is 14.0. The Bertz CT molecular complexity index is 649. The number of aryl methyl sites for hydroxylation is 1. The topological polar surface area (TPSA) is 56.3 Å². The summed E-state index contributed by atoms with van der Waals surface area (Å²) in [6.07, 6.45) is 0. The SMILES string of the molecule is CCNc1nc(C)cc(Sc2ccc3c(c2)OCCO3)n1. The molecular weight excluding hydrogens is 286 g/mol. The van der Waals surface area contributed by atoms with Crippen LogP contribution in [-0.2, 0) is 0 Å². The molecule has 0 aliphatic carbocycles. The molecule has 0 amide bonds. The fourth-order valence-electron chi connectivity index (χ4n) is 2.04. The number of hydrogen-bond donors (Lipinski definition) is 1. The molecule has 2 aromatic rings. The first-order valence-electron chi connectivity index (χ1n) is 6.91. The molecule has 5 nitrogen and oxygen atoms in total. The molecule has 21 heavy (non-hydrogen) atoms. The Hall–Kier alpha value is -1.95. The van der Waals surface area contributed by atoms with E-state index in [0.717, 1.165) is 33.7 Å². The summed E-state index contributed by atoms with van der Waals surface area (Å²) >= 11 is 1.59. The van der Waals surface area contributed by atoms with Crippen molar-refractivity contribution in [3.05, 3.63) is 30.0 Å². The van der Waals surface area contributed by atoms with Crippen molar-refractivity contribution >= 4 is 17.7 Å². The minimum atomic E-state index is 0.596. The third-order valence-corrected chi connectivity index (χ3v) is 3.81. The van der Waals surface area contributed by atoms with E-state index in [0.29, 0.717) is 19.2 Å². The van der Waals surface area contributed by atoms with E-state index >= 15 is 0 Å². The van der Waals surface area contributed by atoms with Crippen molar-refractivity contribution in [2.75, 3.05) is 25.1 Å². The van der Waals surface area contributed by atoms with Gasteiger partial charge in [-0.05, 0) is 38.1 Å². The first-order valence-corrected chi connectivity index (χ1v) is 7.73. The molecule has 1 aromatic carbocycles.